The van der Waals surface area contributed by atoms with Crippen molar-refractivity contribution >= 4 is 11.8 Å². The first-order chi connectivity index (χ1) is 16.8. The lowest BCUT2D eigenvalue weighted by Gasteiger charge is -2.32. The molecule has 0 bridgehead atoms. The highest BCUT2D eigenvalue weighted by Crippen LogP contribution is 2.19. The smallest absolute Gasteiger partial charge is 0.261 e. The molecule has 0 spiro atoms. The summed E-state index contributed by atoms with van der Waals surface area (Å²) in [5.41, 5.74) is 4.07. The molecule has 2 amide bonds. The molecule has 3 rings (SSSR count). The van der Waals surface area contributed by atoms with Gasteiger partial charge in [-0.05, 0) is 42.5 Å². The summed E-state index contributed by atoms with van der Waals surface area (Å²) < 4.78 is 5.89. The molecule has 3 aromatic carbocycles. The third-order valence-corrected chi connectivity index (χ3v) is 5.87. The molecule has 0 unspecified atom stereocenters. The number of ether oxygens (including phenoxy) is 1. The zero-order valence-electron chi connectivity index (χ0n) is 21.2. The van der Waals surface area contributed by atoms with Crippen LogP contribution >= 0.6 is 0 Å². The number of para-hydroxylation sites is 1. The highest BCUT2D eigenvalue weighted by Gasteiger charge is 2.30. The third-order valence-electron chi connectivity index (χ3n) is 5.87. The van der Waals surface area contributed by atoms with E-state index in [9.17, 15) is 9.59 Å². The van der Waals surface area contributed by atoms with Crippen LogP contribution in [0, 0.1) is 19.8 Å². The maximum atomic E-state index is 13.6. The Balaban J connectivity index is 1.90. The molecule has 35 heavy (non-hydrogen) atoms. The van der Waals surface area contributed by atoms with E-state index in [-0.39, 0.29) is 18.4 Å². The van der Waals surface area contributed by atoms with Gasteiger partial charge in [-0.25, -0.2) is 0 Å². The molecule has 0 saturated heterocycles. The van der Waals surface area contributed by atoms with E-state index >= 15 is 0 Å². The third kappa shape index (κ3) is 7.99. The predicted molar refractivity (Wildman–Crippen MR) is 140 cm³/mol. The Labute approximate surface area is 209 Å². The molecule has 3 aromatic rings. The van der Waals surface area contributed by atoms with Crippen LogP contribution in [0.25, 0.3) is 0 Å². The number of rotatable bonds is 11. The van der Waals surface area contributed by atoms with E-state index in [0.29, 0.717) is 31.2 Å². The molecule has 0 aromatic heterocycles. The number of carbonyl (C=O) groups excluding carboxylic acids is 2. The Bertz CT molecular complexity index is 1090. The van der Waals surface area contributed by atoms with Gasteiger partial charge in [-0.1, -0.05) is 92.2 Å². The van der Waals surface area contributed by atoms with Crippen LogP contribution in [0.15, 0.2) is 78.9 Å². The first-order valence-electron chi connectivity index (χ1n) is 12.2. The van der Waals surface area contributed by atoms with Crippen LogP contribution in [0.3, 0.4) is 0 Å². The average molecular weight is 473 g/mol. The van der Waals surface area contributed by atoms with E-state index in [4.69, 9.17) is 4.74 Å². The number of hydrogen-bond donors (Lipinski definition) is 1. The number of nitrogens with one attached hydrogen (secondary N) is 1. The number of hydrogen-bond acceptors (Lipinski definition) is 3. The van der Waals surface area contributed by atoms with Crippen LogP contribution in [0.5, 0.6) is 5.75 Å². The lowest BCUT2D eigenvalue weighted by molar-refractivity contribution is -0.142. The summed E-state index contributed by atoms with van der Waals surface area (Å²) in [5, 5.41) is 3.04. The second kappa shape index (κ2) is 12.7. The van der Waals surface area contributed by atoms with E-state index in [1.165, 1.54) is 0 Å². The summed E-state index contributed by atoms with van der Waals surface area (Å²) in [4.78, 5) is 28.7. The molecule has 1 N–H and O–H groups in total. The highest BCUT2D eigenvalue weighted by molar-refractivity contribution is 5.88. The number of benzene rings is 3. The first-order valence-corrected chi connectivity index (χ1v) is 12.2. The highest BCUT2D eigenvalue weighted by atomic mass is 16.5. The molecule has 5 heteroatoms. The Morgan fingerprint density at radius 2 is 1.51 bits per heavy atom. The minimum absolute atomic E-state index is 0.139. The van der Waals surface area contributed by atoms with Crippen molar-refractivity contribution < 1.29 is 14.3 Å². The van der Waals surface area contributed by atoms with Crippen molar-refractivity contribution in [1.29, 1.82) is 0 Å². The van der Waals surface area contributed by atoms with Crippen LogP contribution in [0.4, 0.5) is 0 Å². The summed E-state index contributed by atoms with van der Waals surface area (Å²) in [6, 6.07) is 24.8. The number of carbonyl (C=O) groups is 2. The molecule has 0 heterocycles. The van der Waals surface area contributed by atoms with Gasteiger partial charge < -0.3 is 15.0 Å². The molecule has 5 nitrogen and oxygen atoms in total. The van der Waals surface area contributed by atoms with Crippen molar-refractivity contribution in [2.24, 2.45) is 5.92 Å². The van der Waals surface area contributed by atoms with Crippen molar-refractivity contribution in [2.75, 3.05) is 13.2 Å². The van der Waals surface area contributed by atoms with Crippen molar-refractivity contribution in [3.05, 3.63) is 101 Å². The van der Waals surface area contributed by atoms with Crippen LogP contribution in [-0.4, -0.2) is 35.9 Å². The van der Waals surface area contributed by atoms with Gasteiger partial charge in [-0.2, -0.15) is 0 Å². The SMILES string of the molecule is Cc1ccc(CN(C(=O)COc2ccccc2C)[C@H](Cc2ccccc2)C(=O)NCC(C)C)cc1. The fourth-order valence-electron chi connectivity index (χ4n) is 3.81. The summed E-state index contributed by atoms with van der Waals surface area (Å²) in [5.74, 6) is 0.593. The second-order valence-electron chi connectivity index (χ2n) is 9.41. The Morgan fingerprint density at radius 1 is 0.857 bits per heavy atom. The maximum absolute atomic E-state index is 13.6. The molecule has 0 fully saturated rings. The number of amides is 2. The van der Waals surface area contributed by atoms with E-state index in [1.807, 2.05) is 92.7 Å². The van der Waals surface area contributed by atoms with Gasteiger partial charge in [0.25, 0.3) is 5.91 Å². The van der Waals surface area contributed by atoms with Crippen LogP contribution in [0.2, 0.25) is 0 Å². The topological polar surface area (TPSA) is 58.6 Å². The van der Waals surface area contributed by atoms with Crippen LogP contribution in [0.1, 0.15) is 36.1 Å². The molecule has 0 saturated carbocycles. The molecular weight excluding hydrogens is 436 g/mol. The molecule has 0 aliphatic heterocycles. The monoisotopic (exact) mass is 472 g/mol. The summed E-state index contributed by atoms with van der Waals surface area (Å²) >= 11 is 0. The zero-order valence-corrected chi connectivity index (χ0v) is 21.2. The van der Waals surface area contributed by atoms with E-state index in [0.717, 1.165) is 22.3 Å². The maximum Gasteiger partial charge on any atom is 0.261 e. The minimum Gasteiger partial charge on any atom is -0.484 e. The van der Waals surface area contributed by atoms with E-state index < -0.39 is 6.04 Å². The van der Waals surface area contributed by atoms with Crippen LogP contribution < -0.4 is 10.1 Å². The predicted octanol–water partition coefficient (Wildman–Crippen LogP) is 5.09. The molecule has 0 aliphatic carbocycles. The van der Waals surface area contributed by atoms with E-state index in [1.54, 1.807) is 4.90 Å². The summed E-state index contributed by atoms with van der Waals surface area (Å²) in [7, 11) is 0. The number of aryl methyl sites for hydroxylation is 2. The van der Waals surface area contributed by atoms with Crippen molar-refractivity contribution in [3.63, 3.8) is 0 Å². The van der Waals surface area contributed by atoms with Gasteiger partial charge in [0.2, 0.25) is 5.91 Å². The van der Waals surface area contributed by atoms with Gasteiger partial charge in [0.05, 0.1) is 0 Å². The lowest BCUT2D eigenvalue weighted by Crippen LogP contribution is -2.52. The second-order valence-corrected chi connectivity index (χ2v) is 9.41. The zero-order chi connectivity index (χ0) is 25.2. The normalized spacial score (nSPS) is 11.7. The van der Waals surface area contributed by atoms with E-state index in [2.05, 4.69) is 19.2 Å². The quantitative estimate of drug-likeness (QED) is 0.423. The van der Waals surface area contributed by atoms with Gasteiger partial charge in [-0.3, -0.25) is 9.59 Å². The Kier molecular flexibility index (Phi) is 9.47. The van der Waals surface area contributed by atoms with Crippen LogP contribution in [-0.2, 0) is 22.6 Å². The van der Waals surface area contributed by atoms with Crippen molar-refractivity contribution in [2.45, 2.75) is 46.7 Å². The Morgan fingerprint density at radius 3 is 2.17 bits per heavy atom. The van der Waals surface area contributed by atoms with Gasteiger partial charge in [0, 0.05) is 19.5 Å². The fourth-order valence-corrected chi connectivity index (χ4v) is 3.81. The van der Waals surface area contributed by atoms with Gasteiger partial charge >= 0.3 is 0 Å². The number of nitrogens with zero attached hydrogens (tertiary/aromatic N) is 1. The van der Waals surface area contributed by atoms with Gasteiger partial charge in [0.15, 0.2) is 6.61 Å². The minimum atomic E-state index is -0.662. The van der Waals surface area contributed by atoms with Crippen molar-refractivity contribution in [3.8, 4) is 5.75 Å². The molecule has 0 aliphatic rings. The lowest BCUT2D eigenvalue weighted by atomic mass is 10.0. The summed E-state index contributed by atoms with van der Waals surface area (Å²) in [6.07, 6.45) is 0.423. The average Bonchev–Trinajstić information content (AvgIpc) is 2.85. The largest absolute Gasteiger partial charge is 0.484 e. The molecule has 1 atom stereocenters. The van der Waals surface area contributed by atoms with Gasteiger partial charge in [0.1, 0.15) is 11.8 Å². The van der Waals surface area contributed by atoms with Crippen molar-refractivity contribution in [1.82, 2.24) is 10.2 Å². The first kappa shape index (κ1) is 26.0. The molecular formula is C30H36N2O3. The van der Waals surface area contributed by atoms with Gasteiger partial charge in [-0.15, -0.1) is 0 Å². The molecule has 0 radical (unpaired) electrons. The Hall–Kier alpha value is -3.60. The standard InChI is InChI=1S/C30H36N2O3/c1-22(2)19-31-30(34)27(18-25-11-6-5-7-12-25)32(20-26-16-14-23(3)15-17-26)29(33)21-35-28-13-9-8-10-24(28)4/h5-17,22,27H,18-21H2,1-4H3,(H,31,34)/t27-/m1/s1. The fraction of sp³-hybridized carbons (Fsp3) is 0.333. The summed E-state index contributed by atoms with van der Waals surface area (Å²) in [6.45, 7) is 8.82. The molecule has 184 valence electrons.